The van der Waals surface area contributed by atoms with Crippen LogP contribution in [0.1, 0.15) is 169 Å². The normalized spacial score (nSPS) is 11.8. The van der Waals surface area contributed by atoms with Gasteiger partial charge in [-0.3, -0.25) is 0 Å². The Labute approximate surface area is 688 Å². The fraction of sp³-hybridized carbons (Fsp3) is 0.350. The number of hydrogen-bond acceptors (Lipinski definition) is 0. The van der Waals surface area contributed by atoms with E-state index in [0.29, 0.717) is 0 Å². The summed E-state index contributed by atoms with van der Waals surface area (Å²) in [6.45, 7) is 9.11. The highest BCUT2D eigenvalue weighted by Crippen LogP contribution is 2.35. The zero-order chi connectivity index (χ0) is 93.9. The van der Waals surface area contributed by atoms with E-state index in [9.17, 15) is 105 Å². The van der Waals surface area contributed by atoms with Crippen LogP contribution in [0.3, 0.4) is 0 Å². The third-order valence-corrected chi connectivity index (χ3v) is 21.6. The highest BCUT2D eigenvalue weighted by atomic mass is 32.2. The molecule has 8 aromatic rings. The van der Waals surface area contributed by atoms with Crippen molar-refractivity contribution in [1.82, 2.24) is 0 Å². The van der Waals surface area contributed by atoms with Crippen molar-refractivity contribution in [2.75, 3.05) is 11.5 Å². The molecule has 0 atom stereocenters. The van der Waals surface area contributed by atoms with Crippen LogP contribution in [-0.2, 0) is 23.5 Å². The third-order valence-electron chi connectivity index (χ3n) is 19.6. The van der Waals surface area contributed by atoms with E-state index in [1.165, 1.54) is 176 Å². The van der Waals surface area contributed by atoms with Gasteiger partial charge in [-0.15, -0.1) is 43.7 Å². The van der Waals surface area contributed by atoms with Crippen molar-refractivity contribution in [3.63, 3.8) is 0 Å². The maximum Gasteiger partial charge on any atom is 0.200 e. The molecule has 124 heavy (non-hydrogen) atoms. The Morgan fingerprint density at radius 1 is 0.153 bits per heavy atom. The number of rotatable bonds is 34. The van der Waals surface area contributed by atoms with Gasteiger partial charge in [0.15, 0.2) is 140 Å². The zero-order valence-corrected chi connectivity index (χ0v) is 66.2. The first kappa shape index (κ1) is 106. The van der Waals surface area contributed by atoms with E-state index < -0.39 is 289 Å². The van der Waals surface area contributed by atoms with Gasteiger partial charge in [0.1, 0.15) is 128 Å². The number of thiol groups is 2. The predicted molar refractivity (Wildman–Crippen MR) is 388 cm³/mol. The Morgan fingerprint density at radius 3 is 0.403 bits per heavy atom. The third kappa shape index (κ3) is 21.2. The van der Waals surface area contributed by atoms with Crippen LogP contribution in [-0.4, -0.2) is 23.8 Å². The van der Waals surface area contributed by atoms with Crippen molar-refractivity contribution in [3.05, 3.63) is 256 Å². The van der Waals surface area contributed by atoms with Gasteiger partial charge in [0.25, 0.3) is 0 Å². The molecule has 0 radical (unpaired) electrons. The molecule has 0 amide bonds. The minimum absolute atomic E-state index is 1.30. The minimum Gasteiger partial charge on any atom is -0.207 e. The van der Waals surface area contributed by atoms with Gasteiger partial charge in [0.05, 0.1) is 0 Å². The Morgan fingerprint density at radius 2 is 0.266 bits per heavy atom. The molecule has 0 aliphatic rings. The first-order valence-electron chi connectivity index (χ1n) is 37.3. The van der Waals surface area contributed by atoms with Crippen molar-refractivity contribution in [2.45, 2.75) is 169 Å². The first-order chi connectivity index (χ1) is 58.2. The number of halogens is 40. The van der Waals surface area contributed by atoms with E-state index >= 15 is 70.2 Å². The molecule has 0 spiro atoms. The molecule has 0 unspecified atom stereocenters. The van der Waals surface area contributed by atoms with Crippen molar-refractivity contribution in [3.8, 4) is 0 Å². The summed E-state index contributed by atoms with van der Waals surface area (Å²) in [5, 5.41) is 4.75. The van der Waals surface area contributed by atoms with E-state index in [1.54, 1.807) is 0 Å². The summed E-state index contributed by atoms with van der Waals surface area (Å²) in [5.74, 6) is -140. The van der Waals surface area contributed by atoms with Gasteiger partial charge in [-0.2, -0.15) is 0 Å². The lowest BCUT2D eigenvalue weighted by atomic mass is 9.12. The maximum absolute atomic E-state index is 15.4. The lowest BCUT2D eigenvalue weighted by Crippen LogP contribution is -2.81. The van der Waals surface area contributed by atoms with Gasteiger partial charge >= 0.3 is 0 Å². The summed E-state index contributed by atoms with van der Waals surface area (Å²) in [6, 6.07) is 0. The molecule has 0 aliphatic heterocycles. The van der Waals surface area contributed by atoms with Crippen molar-refractivity contribution >= 4 is 79.5 Å². The average molecular weight is 1870 g/mol. The molecule has 0 bridgehead atoms. The lowest BCUT2D eigenvalue weighted by Gasteiger charge is -2.44. The molecule has 8 aromatic carbocycles. The SMILES string of the molecule is CCCCCCC=C[SH+]CCCCCCCC.CCCCCCC=C[SH+]CCCCCCCC.Fc1c(F)c(F)c([B-](c2c(F)c(F)c(F)c(F)c2F)(c2c(F)c(F)c(F)c(F)c2F)c2c(F)c(F)c(F)c(F)c2F)c(F)c1F.Fc1c(F)c(F)c([B-](c2c(F)c(F)c(F)c(F)c2F)(c2c(F)c(F)c(F)c(F)c2F)c2c(F)c(F)c(F)c(F)c2F)c(F)c1F. The number of allylic oxidation sites excluding steroid dienone is 2. The van der Waals surface area contributed by atoms with Gasteiger partial charge in [-0.25, -0.2) is 176 Å². The lowest BCUT2D eigenvalue weighted by molar-refractivity contribution is 0.377. The van der Waals surface area contributed by atoms with Crippen molar-refractivity contribution < 1.29 is 176 Å². The monoisotopic (exact) mass is 1870 g/mol. The largest absolute Gasteiger partial charge is 0.207 e. The highest BCUT2D eigenvalue weighted by Gasteiger charge is 2.55. The Hall–Kier alpha value is -8.73. The molecular weight excluding hydrogens is 1810 g/mol. The second-order valence-corrected chi connectivity index (χ2v) is 29.6. The van der Waals surface area contributed by atoms with Gasteiger partial charge in [-0.1, -0.05) is 118 Å². The molecule has 0 heterocycles. The van der Waals surface area contributed by atoms with Crippen LogP contribution in [0.25, 0.3) is 0 Å². The second kappa shape index (κ2) is 46.7. The molecule has 0 nitrogen and oxygen atoms in total. The summed E-state index contributed by atoms with van der Waals surface area (Å²) in [6.07, 6.45) is 21.1. The predicted octanol–water partition coefficient (Wildman–Crippen LogP) is 23.0. The van der Waals surface area contributed by atoms with Crippen LogP contribution < -0.4 is 43.7 Å². The molecule has 0 aliphatic carbocycles. The molecule has 0 saturated heterocycles. The molecule has 0 aromatic heterocycles. The molecule has 44 heteroatoms. The van der Waals surface area contributed by atoms with Crippen LogP contribution in [0.15, 0.2) is 23.0 Å². The fourth-order valence-corrected chi connectivity index (χ4v) is 15.2. The van der Waals surface area contributed by atoms with Crippen molar-refractivity contribution in [2.24, 2.45) is 0 Å². The maximum atomic E-state index is 15.4. The summed E-state index contributed by atoms with van der Waals surface area (Å²) < 4.78 is 588. The highest BCUT2D eigenvalue weighted by molar-refractivity contribution is 7.81. The smallest absolute Gasteiger partial charge is 0.200 e. The second-order valence-electron chi connectivity index (χ2n) is 27.4. The van der Waals surface area contributed by atoms with Crippen LogP contribution in [0.4, 0.5) is 176 Å². The quantitative estimate of drug-likeness (QED) is 0.00717. The summed E-state index contributed by atoms with van der Waals surface area (Å²) >= 11 is 3.08. The van der Waals surface area contributed by atoms with E-state index in [2.05, 4.69) is 50.7 Å². The first-order valence-corrected chi connectivity index (χ1v) is 39.6. The van der Waals surface area contributed by atoms with Crippen LogP contribution in [0.5, 0.6) is 0 Å². The Bertz CT molecular complexity index is 4110. The standard InChI is InChI=1S/2C24BF20.2C16H32S/c2*26-5-1(6(27)14(35)21(42)13(5)34)25(2-7(28)15(36)22(43)16(37)8(2)29,3-9(30)17(38)23(44)18(39)10(3)31)4-11(32)19(40)24(45)20(41)12(4)33;2*1-3-5-7-9-11-13-15-17-16-14-12-10-8-6-4-2/h;;2*13,15H,3-12,14,16H2,1-2H3/q2*-1;;/p+2. The molecular formula is C80H66B2F40S2. The summed E-state index contributed by atoms with van der Waals surface area (Å²) in [4.78, 5) is 0. The number of benzene rings is 8. The van der Waals surface area contributed by atoms with E-state index in [1.807, 2.05) is 0 Å². The van der Waals surface area contributed by atoms with E-state index in [4.69, 9.17) is 0 Å². The molecule has 8 rings (SSSR count). The number of hydrogen-bond donors (Lipinski definition) is 0. The molecule has 0 saturated carbocycles. The molecule has 0 N–H and O–H groups in total. The van der Waals surface area contributed by atoms with Gasteiger partial charge in [0.2, 0.25) is 0 Å². The van der Waals surface area contributed by atoms with Gasteiger partial charge in [0, 0.05) is 23.5 Å². The zero-order valence-electron chi connectivity index (χ0n) is 64.4. The average Bonchev–Trinajstić information content (AvgIpc) is 0.685. The minimum atomic E-state index is -7.22. The molecule has 0 fully saturated rings. The topological polar surface area (TPSA) is 0 Å². The Kier molecular flexibility index (Phi) is 39.8. The van der Waals surface area contributed by atoms with E-state index in [-0.39, 0.29) is 0 Å². The number of unbranched alkanes of at least 4 members (excludes halogenated alkanes) is 18. The van der Waals surface area contributed by atoms with Crippen LogP contribution in [0, 0.1) is 233 Å². The van der Waals surface area contributed by atoms with E-state index in [0.717, 1.165) is 0 Å². The van der Waals surface area contributed by atoms with Gasteiger partial charge < -0.3 is 0 Å². The molecule has 684 valence electrons. The summed E-state index contributed by atoms with van der Waals surface area (Å²) in [5.41, 5.74) is -28.7. The van der Waals surface area contributed by atoms with Crippen molar-refractivity contribution in [1.29, 1.82) is 0 Å². The van der Waals surface area contributed by atoms with Crippen LogP contribution >= 0.6 is 0 Å². The van der Waals surface area contributed by atoms with Crippen LogP contribution in [0.2, 0.25) is 0 Å². The Balaban J connectivity index is 0.000000323. The van der Waals surface area contributed by atoms with Gasteiger partial charge in [-0.05, 0) is 63.5 Å². The fourth-order valence-electron chi connectivity index (χ4n) is 13.5. The summed E-state index contributed by atoms with van der Waals surface area (Å²) in [7, 11) is 0.